The zero-order valence-electron chi connectivity index (χ0n) is 17.0. The number of imidazole rings is 1. The highest BCUT2D eigenvalue weighted by atomic mass is 35.5. The van der Waals surface area contributed by atoms with Crippen LogP contribution in [0.2, 0.25) is 5.02 Å². The van der Waals surface area contributed by atoms with E-state index in [0.717, 1.165) is 51.7 Å². The van der Waals surface area contributed by atoms with Gasteiger partial charge in [-0.2, -0.15) is 0 Å². The van der Waals surface area contributed by atoms with Crippen molar-refractivity contribution in [2.24, 2.45) is 0 Å². The third-order valence-corrected chi connectivity index (χ3v) is 6.03. The number of aliphatic hydroxyl groups is 1. The molecule has 6 nitrogen and oxygen atoms in total. The molecule has 0 unspecified atom stereocenters. The smallest absolute Gasteiger partial charge is 0.143 e. The van der Waals surface area contributed by atoms with Gasteiger partial charge in [-0.05, 0) is 56.5 Å². The molecule has 3 aromatic heterocycles. The molecule has 1 aromatic carbocycles. The number of halogens is 1. The van der Waals surface area contributed by atoms with Crippen molar-refractivity contribution in [3.8, 4) is 11.4 Å². The third kappa shape index (κ3) is 3.25. The Hall–Kier alpha value is -2.54. The monoisotopic (exact) mass is 422 g/mol. The van der Waals surface area contributed by atoms with Gasteiger partial charge in [0.1, 0.15) is 11.3 Å². The molecular formula is C23H23ClN4O2. The Balaban J connectivity index is 1.87. The molecule has 0 amide bonds. The fraction of sp³-hybridized carbons (Fsp3) is 0.348. The molecule has 1 N–H and O–H groups in total. The highest BCUT2D eigenvalue weighted by Crippen LogP contribution is 2.38. The lowest BCUT2D eigenvalue weighted by Gasteiger charge is -2.30. The summed E-state index contributed by atoms with van der Waals surface area (Å²) in [5.74, 6) is 0.804. The number of hydrogen-bond donors (Lipinski definition) is 1. The molecule has 4 aromatic rings. The van der Waals surface area contributed by atoms with Crippen LogP contribution < -0.4 is 0 Å². The summed E-state index contributed by atoms with van der Waals surface area (Å²) in [7, 11) is 0. The maximum atomic E-state index is 9.95. The van der Waals surface area contributed by atoms with Crippen LogP contribution in [0.15, 0.2) is 36.7 Å². The Kier molecular flexibility index (Phi) is 4.93. The van der Waals surface area contributed by atoms with Crippen LogP contribution in [0.25, 0.3) is 33.3 Å². The van der Waals surface area contributed by atoms with Crippen molar-refractivity contribution >= 4 is 33.5 Å². The molecule has 0 bridgehead atoms. The SMILES string of the molecule is Cc1cnc(CO)c(-c2nc3cnc4ccc(Cl)cc4c3n2[C@@H]2CCO[C@H](C)C2)c1. The fourth-order valence-electron chi connectivity index (χ4n) is 4.42. The number of nitrogens with zero attached hydrogens (tertiary/aromatic N) is 4. The predicted molar refractivity (Wildman–Crippen MR) is 118 cm³/mol. The molecule has 1 aliphatic heterocycles. The first-order valence-corrected chi connectivity index (χ1v) is 10.6. The summed E-state index contributed by atoms with van der Waals surface area (Å²) >= 11 is 6.35. The summed E-state index contributed by atoms with van der Waals surface area (Å²) in [6.07, 6.45) is 5.53. The number of hydrogen-bond acceptors (Lipinski definition) is 5. The van der Waals surface area contributed by atoms with E-state index in [1.165, 1.54) is 0 Å². The van der Waals surface area contributed by atoms with Crippen molar-refractivity contribution < 1.29 is 9.84 Å². The quantitative estimate of drug-likeness (QED) is 0.511. The van der Waals surface area contributed by atoms with Crippen molar-refractivity contribution in [1.29, 1.82) is 0 Å². The summed E-state index contributed by atoms with van der Waals surface area (Å²) in [4.78, 5) is 14.0. The molecule has 0 aliphatic carbocycles. The first-order valence-electron chi connectivity index (χ1n) is 10.2. The van der Waals surface area contributed by atoms with Gasteiger partial charge in [0.25, 0.3) is 0 Å². The Bertz CT molecular complexity index is 1250. The molecule has 30 heavy (non-hydrogen) atoms. The molecule has 1 fully saturated rings. The number of aromatic nitrogens is 4. The summed E-state index contributed by atoms with van der Waals surface area (Å²) < 4.78 is 8.11. The Labute approximate surface area is 179 Å². The number of aliphatic hydroxyl groups excluding tert-OH is 1. The van der Waals surface area contributed by atoms with Gasteiger partial charge >= 0.3 is 0 Å². The van der Waals surface area contributed by atoms with Crippen molar-refractivity contribution in [2.45, 2.75) is 45.4 Å². The van der Waals surface area contributed by atoms with Crippen LogP contribution in [0, 0.1) is 6.92 Å². The molecule has 4 heterocycles. The second kappa shape index (κ2) is 7.61. The minimum Gasteiger partial charge on any atom is -0.390 e. The van der Waals surface area contributed by atoms with Gasteiger partial charge in [-0.3, -0.25) is 9.97 Å². The molecule has 0 spiro atoms. The molecule has 1 saturated heterocycles. The average Bonchev–Trinajstić information content (AvgIpc) is 3.13. The van der Waals surface area contributed by atoms with Gasteiger partial charge in [0.15, 0.2) is 0 Å². The van der Waals surface area contributed by atoms with E-state index in [1.54, 1.807) is 6.20 Å². The molecule has 7 heteroatoms. The predicted octanol–water partition coefficient (Wildman–Crippen LogP) is 4.84. The lowest BCUT2D eigenvalue weighted by molar-refractivity contribution is 0.00705. The minimum atomic E-state index is -0.145. The van der Waals surface area contributed by atoms with Crippen molar-refractivity contribution in [2.75, 3.05) is 6.61 Å². The summed E-state index contributed by atoms with van der Waals surface area (Å²) in [5.41, 5.74) is 5.19. The van der Waals surface area contributed by atoms with Crippen LogP contribution in [0.3, 0.4) is 0 Å². The Morgan fingerprint density at radius 3 is 2.87 bits per heavy atom. The third-order valence-electron chi connectivity index (χ3n) is 5.80. The summed E-state index contributed by atoms with van der Waals surface area (Å²) in [6.45, 7) is 4.66. The molecule has 1 aliphatic rings. The van der Waals surface area contributed by atoms with Gasteiger partial charge in [0, 0.05) is 34.8 Å². The van der Waals surface area contributed by atoms with Crippen LogP contribution in [0.5, 0.6) is 0 Å². The van der Waals surface area contributed by atoms with Crippen LogP contribution in [0.4, 0.5) is 0 Å². The number of rotatable bonds is 3. The van der Waals surface area contributed by atoms with Gasteiger partial charge in [-0.15, -0.1) is 0 Å². The molecule has 0 radical (unpaired) electrons. The van der Waals surface area contributed by atoms with E-state index in [4.69, 9.17) is 21.3 Å². The van der Waals surface area contributed by atoms with Gasteiger partial charge < -0.3 is 14.4 Å². The van der Waals surface area contributed by atoms with E-state index in [9.17, 15) is 5.11 Å². The van der Waals surface area contributed by atoms with Crippen LogP contribution in [0.1, 0.15) is 37.1 Å². The van der Waals surface area contributed by atoms with E-state index in [2.05, 4.69) is 21.5 Å². The maximum Gasteiger partial charge on any atom is 0.143 e. The number of pyridine rings is 2. The normalized spacial score (nSPS) is 19.6. The highest BCUT2D eigenvalue weighted by molar-refractivity contribution is 6.31. The Morgan fingerprint density at radius 2 is 2.07 bits per heavy atom. The highest BCUT2D eigenvalue weighted by Gasteiger charge is 2.28. The van der Waals surface area contributed by atoms with Crippen LogP contribution >= 0.6 is 11.6 Å². The molecule has 2 atom stereocenters. The van der Waals surface area contributed by atoms with Gasteiger partial charge in [-0.25, -0.2) is 4.98 Å². The topological polar surface area (TPSA) is 73.1 Å². The first kappa shape index (κ1) is 19.4. The van der Waals surface area contributed by atoms with Crippen LogP contribution in [-0.4, -0.2) is 37.3 Å². The zero-order valence-corrected chi connectivity index (χ0v) is 17.7. The van der Waals surface area contributed by atoms with E-state index in [-0.39, 0.29) is 18.8 Å². The lowest BCUT2D eigenvalue weighted by atomic mass is 10.0. The van der Waals surface area contributed by atoms with E-state index in [1.807, 2.05) is 37.4 Å². The molecule has 5 rings (SSSR count). The second-order valence-corrected chi connectivity index (χ2v) is 8.42. The summed E-state index contributed by atoms with van der Waals surface area (Å²) in [5, 5.41) is 11.6. The lowest BCUT2D eigenvalue weighted by Crippen LogP contribution is -2.26. The molecular weight excluding hydrogens is 400 g/mol. The standard InChI is InChI=1S/C23H23ClN4O2/c1-13-7-18(21(12-29)25-10-13)23-27-20-11-26-19-4-3-15(24)9-17(19)22(20)28(23)16-5-6-30-14(2)8-16/h3-4,7,9-11,14,16,29H,5-6,8,12H2,1-2H3/t14-,16-/m1/s1. The fourth-order valence-corrected chi connectivity index (χ4v) is 4.59. The van der Waals surface area contributed by atoms with Crippen molar-refractivity contribution in [3.63, 3.8) is 0 Å². The Morgan fingerprint density at radius 1 is 1.20 bits per heavy atom. The summed E-state index contributed by atoms with van der Waals surface area (Å²) in [6, 6.07) is 8.01. The van der Waals surface area contributed by atoms with Crippen molar-refractivity contribution in [1.82, 2.24) is 19.5 Å². The number of benzene rings is 1. The number of aryl methyl sites for hydroxylation is 1. The van der Waals surface area contributed by atoms with Crippen LogP contribution in [-0.2, 0) is 11.3 Å². The number of ether oxygens (including phenoxy) is 1. The van der Waals surface area contributed by atoms with Gasteiger partial charge in [0.2, 0.25) is 0 Å². The molecule has 0 saturated carbocycles. The molecule has 154 valence electrons. The second-order valence-electron chi connectivity index (χ2n) is 7.98. The van der Waals surface area contributed by atoms with Gasteiger partial charge in [-0.1, -0.05) is 11.6 Å². The van der Waals surface area contributed by atoms with E-state index in [0.29, 0.717) is 17.3 Å². The van der Waals surface area contributed by atoms with Gasteiger partial charge in [0.05, 0.1) is 35.6 Å². The first-order chi connectivity index (χ1) is 14.5. The minimum absolute atomic E-state index is 0.145. The van der Waals surface area contributed by atoms with Crippen molar-refractivity contribution in [3.05, 3.63) is 52.9 Å². The van der Waals surface area contributed by atoms with E-state index < -0.39 is 0 Å². The zero-order chi connectivity index (χ0) is 20.8. The maximum absolute atomic E-state index is 9.95. The largest absolute Gasteiger partial charge is 0.390 e. The number of fused-ring (bicyclic) bond motifs is 3. The average molecular weight is 423 g/mol. The van der Waals surface area contributed by atoms with E-state index >= 15 is 0 Å².